The first kappa shape index (κ1) is 21.7. The van der Waals surface area contributed by atoms with Crippen LogP contribution in [0.5, 0.6) is 0 Å². The lowest BCUT2D eigenvalue weighted by atomic mass is 9.88. The second-order valence-corrected chi connectivity index (χ2v) is 7.29. The molecule has 1 aliphatic rings. The maximum atomic E-state index is 13.1. The summed E-state index contributed by atoms with van der Waals surface area (Å²) >= 11 is 5.64. The highest BCUT2D eigenvalue weighted by molar-refractivity contribution is 6.31. The fourth-order valence-corrected chi connectivity index (χ4v) is 3.48. The molecule has 0 unspecified atom stereocenters. The van der Waals surface area contributed by atoms with E-state index in [0.29, 0.717) is 0 Å². The van der Waals surface area contributed by atoms with Gasteiger partial charge in [-0.2, -0.15) is 0 Å². The number of nitrogens with zero attached hydrogens (tertiary/aromatic N) is 1. The van der Waals surface area contributed by atoms with Crippen LogP contribution in [-0.2, 0) is 19.1 Å². The number of carbonyl (C=O) groups excluding carboxylic acids is 3. The Balaban J connectivity index is 1.93. The molecule has 8 nitrogen and oxygen atoms in total. The summed E-state index contributed by atoms with van der Waals surface area (Å²) in [4.78, 5) is 46.7. The Kier molecular flexibility index (Phi) is 7.06. The lowest BCUT2D eigenvalue weighted by Gasteiger charge is -2.18. The Labute approximate surface area is 165 Å². The van der Waals surface area contributed by atoms with Gasteiger partial charge in [0, 0.05) is 28.9 Å². The molecule has 0 radical (unpaired) electrons. The van der Waals surface area contributed by atoms with Gasteiger partial charge >= 0.3 is 5.97 Å². The molecule has 1 fully saturated rings. The van der Waals surface area contributed by atoms with Crippen LogP contribution in [0, 0.1) is 33.7 Å². The SMILES string of the molecule is C[C@H](OC(=O)C[C@@H]1C(=O)C[C@H](C)[C@H]1C[N+](=O)[O-])C(=O)Nc1ccc(F)c(Cl)c1. The number of nitro groups is 1. The number of ketones is 1. The lowest BCUT2D eigenvalue weighted by molar-refractivity contribution is -0.490. The molecule has 4 atom stereocenters. The maximum Gasteiger partial charge on any atom is 0.307 e. The number of anilines is 1. The van der Waals surface area contributed by atoms with Gasteiger partial charge < -0.3 is 10.1 Å². The van der Waals surface area contributed by atoms with Gasteiger partial charge in [0.1, 0.15) is 11.6 Å². The van der Waals surface area contributed by atoms with Gasteiger partial charge in [-0.15, -0.1) is 0 Å². The van der Waals surface area contributed by atoms with Crippen molar-refractivity contribution >= 4 is 34.9 Å². The quantitative estimate of drug-likeness (QED) is 0.416. The number of ether oxygens (including phenoxy) is 1. The van der Waals surface area contributed by atoms with Crippen LogP contribution in [0.15, 0.2) is 18.2 Å². The molecule has 152 valence electrons. The molecule has 0 aliphatic heterocycles. The van der Waals surface area contributed by atoms with Crippen LogP contribution < -0.4 is 5.32 Å². The van der Waals surface area contributed by atoms with Gasteiger partial charge in [0.05, 0.1) is 11.4 Å². The average Bonchev–Trinajstić information content (AvgIpc) is 2.84. The number of benzene rings is 1. The van der Waals surface area contributed by atoms with E-state index in [2.05, 4.69) is 5.32 Å². The van der Waals surface area contributed by atoms with E-state index in [1.54, 1.807) is 6.92 Å². The van der Waals surface area contributed by atoms with Crippen LogP contribution in [-0.4, -0.2) is 35.2 Å². The molecule has 1 amide bonds. The number of carbonyl (C=O) groups is 3. The van der Waals surface area contributed by atoms with Crippen molar-refractivity contribution in [1.29, 1.82) is 0 Å². The highest BCUT2D eigenvalue weighted by Gasteiger charge is 2.44. The number of hydrogen-bond acceptors (Lipinski definition) is 6. The van der Waals surface area contributed by atoms with Gasteiger partial charge in [0.15, 0.2) is 6.10 Å². The third-order valence-corrected chi connectivity index (χ3v) is 5.09. The van der Waals surface area contributed by atoms with Gasteiger partial charge in [-0.3, -0.25) is 24.5 Å². The molecule has 2 rings (SSSR count). The first-order valence-electron chi connectivity index (χ1n) is 8.68. The van der Waals surface area contributed by atoms with Crippen molar-refractivity contribution in [3.8, 4) is 0 Å². The number of amides is 1. The Bertz CT molecular complexity index is 802. The Morgan fingerprint density at radius 3 is 2.75 bits per heavy atom. The fourth-order valence-electron chi connectivity index (χ4n) is 3.30. The minimum atomic E-state index is -1.18. The van der Waals surface area contributed by atoms with E-state index >= 15 is 0 Å². The summed E-state index contributed by atoms with van der Waals surface area (Å²) in [7, 11) is 0. The van der Waals surface area contributed by atoms with Crippen LogP contribution in [0.3, 0.4) is 0 Å². The average molecular weight is 415 g/mol. The van der Waals surface area contributed by atoms with E-state index < -0.39 is 47.1 Å². The Hall–Kier alpha value is -2.55. The number of Topliss-reactive ketones (excluding diaryl/α,β-unsaturated/α-hetero) is 1. The van der Waals surface area contributed by atoms with Crippen molar-refractivity contribution in [3.63, 3.8) is 0 Å². The summed E-state index contributed by atoms with van der Waals surface area (Å²) in [5, 5.41) is 13.1. The molecule has 10 heteroatoms. The fraction of sp³-hybridized carbons (Fsp3) is 0.500. The second-order valence-electron chi connectivity index (χ2n) is 6.89. The van der Waals surface area contributed by atoms with Crippen molar-refractivity contribution in [3.05, 3.63) is 39.2 Å². The predicted octanol–water partition coefficient (Wildman–Crippen LogP) is 2.86. The largest absolute Gasteiger partial charge is 0.453 e. The van der Waals surface area contributed by atoms with Gasteiger partial charge in [-0.1, -0.05) is 18.5 Å². The van der Waals surface area contributed by atoms with Gasteiger partial charge in [-0.25, -0.2) is 4.39 Å². The Morgan fingerprint density at radius 2 is 2.14 bits per heavy atom. The molecule has 0 heterocycles. The molecule has 1 saturated carbocycles. The van der Waals surface area contributed by atoms with Crippen LogP contribution in [0.4, 0.5) is 10.1 Å². The van der Waals surface area contributed by atoms with Gasteiger partial charge in [0.2, 0.25) is 6.54 Å². The van der Waals surface area contributed by atoms with Crippen molar-refractivity contribution in [2.75, 3.05) is 11.9 Å². The molecule has 1 aliphatic carbocycles. The molecule has 0 spiro atoms. The molecule has 0 saturated heterocycles. The van der Waals surface area contributed by atoms with E-state index in [1.165, 1.54) is 19.1 Å². The highest BCUT2D eigenvalue weighted by atomic mass is 35.5. The van der Waals surface area contributed by atoms with Gasteiger partial charge in [-0.05, 0) is 31.0 Å². The molecule has 1 aromatic rings. The lowest BCUT2D eigenvalue weighted by Crippen LogP contribution is -2.32. The molecule has 28 heavy (non-hydrogen) atoms. The topological polar surface area (TPSA) is 116 Å². The monoisotopic (exact) mass is 414 g/mol. The van der Waals surface area contributed by atoms with Crippen molar-refractivity contribution in [2.45, 2.75) is 32.8 Å². The number of rotatable bonds is 7. The van der Waals surface area contributed by atoms with E-state index in [-0.39, 0.29) is 35.3 Å². The van der Waals surface area contributed by atoms with Crippen LogP contribution in [0.25, 0.3) is 0 Å². The first-order valence-corrected chi connectivity index (χ1v) is 9.06. The molecule has 1 N–H and O–H groups in total. The van der Waals surface area contributed by atoms with Crippen LogP contribution >= 0.6 is 11.6 Å². The summed E-state index contributed by atoms with van der Waals surface area (Å²) in [6.45, 7) is 2.68. The molecular weight excluding hydrogens is 395 g/mol. The van der Waals surface area contributed by atoms with Crippen molar-refractivity contribution < 1.29 is 28.4 Å². The second kappa shape index (κ2) is 9.09. The summed E-state index contributed by atoms with van der Waals surface area (Å²) in [5.74, 6) is -3.84. The van der Waals surface area contributed by atoms with Crippen molar-refractivity contribution in [2.24, 2.45) is 17.8 Å². The summed E-state index contributed by atoms with van der Waals surface area (Å²) < 4.78 is 18.2. The summed E-state index contributed by atoms with van der Waals surface area (Å²) in [5.41, 5.74) is 0.227. The molecular formula is C18H20ClFN2O6. The number of nitrogens with one attached hydrogen (secondary N) is 1. The standard InChI is InChI=1S/C18H20ClFN2O6/c1-9-5-16(23)12(13(9)8-22(26)27)7-17(24)28-10(2)18(25)21-11-3-4-15(20)14(19)6-11/h3-4,6,9-10,12-13H,5,7-8H2,1-2H3,(H,21,25)/t9-,10-,12-,13+/m0/s1. The summed E-state index contributed by atoms with van der Waals surface area (Å²) in [6.07, 6.45) is -1.32. The molecule has 0 bridgehead atoms. The van der Waals surface area contributed by atoms with E-state index in [9.17, 15) is 28.9 Å². The van der Waals surface area contributed by atoms with Crippen LogP contribution in [0.2, 0.25) is 5.02 Å². The number of hydrogen-bond donors (Lipinski definition) is 1. The zero-order valence-corrected chi connectivity index (χ0v) is 16.1. The van der Waals surface area contributed by atoms with E-state index in [1.807, 2.05) is 0 Å². The predicted molar refractivity (Wildman–Crippen MR) is 97.8 cm³/mol. The van der Waals surface area contributed by atoms with E-state index in [4.69, 9.17) is 16.3 Å². The van der Waals surface area contributed by atoms with E-state index in [0.717, 1.165) is 6.07 Å². The molecule has 0 aromatic heterocycles. The minimum Gasteiger partial charge on any atom is -0.453 e. The summed E-state index contributed by atoms with van der Waals surface area (Å²) in [6, 6.07) is 3.59. The normalized spacial score (nSPS) is 22.6. The zero-order chi connectivity index (χ0) is 21.0. The molecule has 1 aromatic carbocycles. The third kappa shape index (κ3) is 5.48. The minimum absolute atomic E-state index is 0.173. The van der Waals surface area contributed by atoms with Gasteiger partial charge in [0.25, 0.3) is 5.91 Å². The smallest absolute Gasteiger partial charge is 0.307 e. The Morgan fingerprint density at radius 1 is 1.46 bits per heavy atom. The number of esters is 1. The maximum absolute atomic E-state index is 13.1. The van der Waals surface area contributed by atoms with Crippen LogP contribution in [0.1, 0.15) is 26.7 Å². The number of halogens is 2. The highest BCUT2D eigenvalue weighted by Crippen LogP contribution is 2.36. The zero-order valence-electron chi connectivity index (χ0n) is 15.3. The van der Waals surface area contributed by atoms with Crippen molar-refractivity contribution in [1.82, 2.24) is 0 Å². The first-order chi connectivity index (χ1) is 13.1. The third-order valence-electron chi connectivity index (χ3n) is 4.80.